The second-order valence-electron chi connectivity index (χ2n) is 10.5. The van der Waals surface area contributed by atoms with E-state index in [2.05, 4.69) is 10.2 Å². The maximum absolute atomic E-state index is 13.2. The lowest BCUT2D eigenvalue weighted by Crippen LogP contribution is -2.59. The van der Waals surface area contributed by atoms with Crippen LogP contribution in [0.15, 0.2) is 0 Å². The monoisotopic (exact) mass is 443 g/mol. The van der Waals surface area contributed by atoms with E-state index in [4.69, 9.17) is 9.84 Å². The molecule has 1 amide bonds. The van der Waals surface area contributed by atoms with E-state index in [0.29, 0.717) is 11.7 Å². The Morgan fingerprint density at radius 1 is 1.06 bits per heavy atom. The van der Waals surface area contributed by atoms with Crippen molar-refractivity contribution in [1.29, 1.82) is 0 Å². The Morgan fingerprint density at radius 2 is 1.78 bits per heavy atom. The third-order valence-electron chi connectivity index (χ3n) is 8.49. The number of hydrogen-bond acceptors (Lipinski definition) is 5. The zero-order valence-corrected chi connectivity index (χ0v) is 19.9. The molecule has 3 fully saturated rings. The fourth-order valence-electron chi connectivity index (χ4n) is 6.57. The molecule has 7 heteroatoms. The summed E-state index contributed by atoms with van der Waals surface area (Å²) in [5.74, 6) is 0.147. The van der Waals surface area contributed by atoms with E-state index in [1.54, 1.807) is 0 Å². The molecule has 0 radical (unpaired) electrons. The number of rotatable bonds is 5. The van der Waals surface area contributed by atoms with Crippen molar-refractivity contribution >= 4 is 5.91 Å². The molecule has 5 rings (SSSR count). The van der Waals surface area contributed by atoms with Crippen LogP contribution in [0.5, 0.6) is 0 Å². The summed E-state index contributed by atoms with van der Waals surface area (Å²) >= 11 is 0. The Hall–Kier alpha value is -1.44. The van der Waals surface area contributed by atoms with Crippen LogP contribution >= 0.6 is 0 Å². The van der Waals surface area contributed by atoms with Crippen molar-refractivity contribution in [3.05, 3.63) is 17.0 Å². The Balaban J connectivity index is 1.29. The molecule has 1 aromatic heterocycles. The highest BCUT2D eigenvalue weighted by atomic mass is 16.5. The van der Waals surface area contributed by atoms with Crippen LogP contribution in [0.3, 0.4) is 0 Å². The van der Waals surface area contributed by atoms with Gasteiger partial charge in [0.1, 0.15) is 0 Å². The molecule has 0 aromatic carbocycles. The Bertz CT molecular complexity index is 786. The number of carbonyl (C=O) groups excluding carboxylic acids is 1. The van der Waals surface area contributed by atoms with E-state index in [9.17, 15) is 4.79 Å². The zero-order chi connectivity index (χ0) is 22.0. The van der Waals surface area contributed by atoms with Gasteiger partial charge in [-0.05, 0) is 44.9 Å². The summed E-state index contributed by atoms with van der Waals surface area (Å²) in [6.07, 6.45) is 13.3. The van der Waals surface area contributed by atoms with Crippen molar-refractivity contribution in [2.75, 3.05) is 45.9 Å². The first-order valence-corrected chi connectivity index (χ1v) is 13.1. The van der Waals surface area contributed by atoms with Crippen LogP contribution in [0.1, 0.15) is 79.5 Å². The van der Waals surface area contributed by atoms with E-state index in [1.165, 1.54) is 49.8 Å². The number of likely N-dealkylation sites (tertiary alicyclic amines) is 1. The smallest absolute Gasteiger partial charge is 0.274 e. The minimum atomic E-state index is 0.147. The summed E-state index contributed by atoms with van der Waals surface area (Å²) in [5.41, 5.74) is 3.45. The standard InChI is InChI=1S/C25H41N5O2/c1-28-22-9-8-20(18-21(22)23(27-28)24(31)29-12-6-7-13-29)26-19-25(10-4-2-3-5-11-25)30-14-16-32-17-15-30/h20,26H,2-19H2,1H3. The molecule has 2 aliphatic carbocycles. The Morgan fingerprint density at radius 3 is 2.50 bits per heavy atom. The fourth-order valence-corrected chi connectivity index (χ4v) is 6.57. The molecular weight excluding hydrogens is 402 g/mol. The predicted octanol–water partition coefficient (Wildman–Crippen LogP) is 2.53. The molecule has 3 heterocycles. The highest BCUT2D eigenvalue weighted by Crippen LogP contribution is 2.34. The van der Waals surface area contributed by atoms with Crippen LogP contribution in [-0.4, -0.2) is 83.0 Å². The van der Waals surface area contributed by atoms with Crippen molar-refractivity contribution in [2.24, 2.45) is 7.05 Å². The Kier molecular flexibility index (Phi) is 6.86. The SMILES string of the molecule is Cn1nc(C(=O)N2CCCC2)c2c1CCC(NCC1(N3CCOCC3)CCCCCC1)C2. The van der Waals surface area contributed by atoms with E-state index in [0.717, 1.165) is 78.0 Å². The number of hydrogen-bond donors (Lipinski definition) is 1. The number of ether oxygens (including phenoxy) is 1. The third kappa shape index (κ3) is 4.48. The number of fused-ring (bicyclic) bond motifs is 1. The van der Waals surface area contributed by atoms with Gasteiger partial charge in [0.15, 0.2) is 5.69 Å². The number of aryl methyl sites for hydroxylation is 1. The van der Waals surface area contributed by atoms with Gasteiger partial charge in [0.2, 0.25) is 0 Å². The topological polar surface area (TPSA) is 62.6 Å². The van der Waals surface area contributed by atoms with Crippen LogP contribution in [0.2, 0.25) is 0 Å². The van der Waals surface area contributed by atoms with Crippen molar-refractivity contribution in [1.82, 2.24) is 24.9 Å². The molecule has 178 valence electrons. The summed E-state index contributed by atoms with van der Waals surface area (Å²) in [7, 11) is 2.01. The quantitative estimate of drug-likeness (QED) is 0.709. The van der Waals surface area contributed by atoms with E-state index >= 15 is 0 Å². The molecule has 1 N–H and O–H groups in total. The van der Waals surface area contributed by atoms with Gasteiger partial charge in [-0.25, -0.2) is 0 Å². The summed E-state index contributed by atoms with van der Waals surface area (Å²) in [4.78, 5) is 17.9. The lowest BCUT2D eigenvalue weighted by Gasteiger charge is -2.46. The minimum Gasteiger partial charge on any atom is -0.379 e. The van der Waals surface area contributed by atoms with Gasteiger partial charge in [-0.1, -0.05) is 25.7 Å². The number of nitrogens with zero attached hydrogens (tertiary/aromatic N) is 4. The molecule has 1 saturated carbocycles. The van der Waals surface area contributed by atoms with Crippen molar-refractivity contribution in [2.45, 2.75) is 82.2 Å². The van der Waals surface area contributed by atoms with Gasteiger partial charge in [0.05, 0.1) is 13.2 Å². The number of aromatic nitrogens is 2. The first kappa shape index (κ1) is 22.4. The molecule has 32 heavy (non-hydrogen) atoms. The van der Waals surface area contributed by atoms with E-state index in [1.807, 2.05) is 16.6 Å². The predicted molar refractivity (Wildman–Crippen MR) is 125 cm³/mol. The number of carbonyl (C=O) groups is 1. The summed E-state index contributed by atoms with van der Waals surface area (Å²) in [5, 5.41) is 8.69. The molecule has 0 bridgehead atoms. The zero-order valence-electron chi connectivity index (χ0n) is 19.9. The maximum Gasteiger partial charge on any atom is 0.274 e. The molecule has 0 spiro atoms. The maximum atomic E-state index is 13.2. The van der Waals surface area contributed by atoms with Gasteiger partial charge in [-0.2, -0.15) is 5.10 Å². The number of morpholine rings is 1. The molecule has 2 saturated heterocycles. The molecular formula is C25H41N5O2. The van der Waals surface area contributed by atoms with Gasteiger partial charge < -0.3 is 15.0 Å². The van der Waals surface area contributed by atoms with Gasteiger partial charge >= 0.3 is 0 Å². The van der Waals surface area contributed by atoms with Gasteiger partial charge in [0.25, 0.3) is 5.91 Å². The first-order valence-electron chi connectivity index (χ1n) is 13.1. The Labute approximate surface area is 192 Å². The fraction of sp³-hybridized carbons (Fsp3) is 0.840. The minimum absolute atomic E-state index is 0.147. The highest BCUT2D eigenvalue weighted by molar-refractivity contribution is 5.94. The largest absolute Gasteiger partial charge is 0.379 e. The summed E-state index contributed by atoms with van der Waals surface area (Å²) in [6, 6.07) is 0.429. The first-order chi connectivity index (χ1) is 15.7. The summed E-state index contributed by atoms with van der Waals surface area (Å²) < 4.78 is 7.64. The third-order valence-corrected chi connectivity index (χ3v) is 8.49. The van der Waals surface area contributed by atoms with Crippen molar-refractivity contribution in [3.63, 3.8) is 0 Å². The van der Waals surface area contributed by atoms with Crippen molar-refractivity contribution < 1.29 is 9.53 Å². The molecule has 1 aromatic rings. The highest BCUT2D eigenvalue weighted by Gasteiger charge is 2.39. The van der Waals surface area contributed by atoms with Gasteiger partial charge in [-0.15, -0.1) is 0 Å². The average Bonchev–Trinajstić information content (AvgIpc) is 3.40. The van der Waals surface area contributed by atoms with Gasteiger partial charge in [-0.3, -0.25) is 14.4 Å². The molecule has 1 unspecified atom stereocenters. The molecule has 1 atom stereocenters. The number of amides is 1. The van der Waals surface area contributed by atoms with Crippen LogP contribution < -0.4 is 5.32 Å². The summed E-state index contributed by atoms with van der Waals surface area (Å²) in [6.45, 7) is 6.68. The van der Waals surface area contributed by atoms with Crippen molar-refractivity contribution in [3.8, 4) is 0 Å². The second-order valence-corrected chi connectivity index (χ2v) is 10.5. The van der Waals surface area contributed by atoms with Crippen LogP contribution in [0, 0.1) is 0 Å². The van der Waals surface area contributed by atoms with E-state index in [-0.39, 0.29) is 11.4 Å². The van der Waals surface area contributed by atoms with Crippen LogP contribution in [0.25, 0.3) is 0 Å². The normalized spacial score (nSPS) is 26.7. The lowest BCUT2D eigenvalue weighted by atomic mass is 9.85. The number of nitrogens with one attached hydrogen (secondary N) is 1. The molecule has 2 aliphatic heterocycles. The van der Waals surface area contributed by atoms with Crippen LogP contribution in [-0.2, 0) is 24.6 Å². The van der Waals surface area contributed by atoms with Gasteiger partial charge in [0, 0.05) is 62.6 Å². The molecule has 7 nitrogen and oxygen atoms in total. The second kappa shape index (κ2) is 9.82. The van der Waals surface area contributed by atoms with E-state index < -0.39 is 0 Å². The molecule has 4 aliphatic rings. The lowest BCUT2D eigenvalue weighted by molar-refractivity contribution is -0.0297. The van der Waals surface area contributed by atoms with Crippen LogP contribution in [0.4, 0.5) is 0 Å². The average molecular weight is 444 g/mol.